The molecule has 5 heterocycles. The number of rotatable bonds is 25. The first-order valence-electron chi connectivity index (χ1n) is 31.9. The van der Waals surface area contributed by atoms with E-state index in [9.17, 15) is 116 Å². The third-order valence-corrected chi connectivity index (χ3v) is 16.7. The maximum Gasteiger partial charge on any atom is 0.510 e. The van der Waals surface area contributed by atoms with Gasteiger partial charge in [-0.25, -0.2) is 9.59 Å². The van der Waals surface area contributed by atoms with Crippen LogP contribution < -0.4 is 24.4 Å². The summed E-state index contributed by atoms with van der Waals surface area (Å²) in [6, 6.07) is 19.2. The van der Waals surface area contributed by atoms with Crippen molar-refractivity contribution in [3.05, 3.63) is 142 Å². The number of esters is 4. The largest absolute Gasteiger partial charge is 0.510 e. The predicted octanol–water partition coefficient (Wildman–Crippen LogP) is -2.55. The lowest BCUT2D eigenvalue weighted by atomic mass is 9.99. The molecular weight excluding hydrogens is 1420 g/mol. The summed E-state index contributed by atoms with van der Waals surface area (Å²) in [5.41, 5.74) is -0.521. The summed E-state index contributed by atoms with van der Waals surface area (Å²) in [4.78, 5) is 73.3. The molecule has 20 atom stereocenters. The van der Waals surface area contributed by atoms with Crippen LogP contribution in [0.15, 0.2) is 125 Å². The van der Waals surface area contributed by atoms with Crippen LogP contribution in [0.25, 0.3) is 40.9 Å². The molecule has 0 amide bonds. The van der Waals surface area contributed by atoms with Crippen LogP contribution in [0.1, 0.15) is 23.1 Å². The first kappa shape index (κ1) is 78.0. The number of carboxylic acids is 1. The number of fused-ring (bicyclic) bond motifs is 1. The van der Waals surface area contributed by atoms with Crippen molar-refractivity contribution in [2.24, 2.45) is 0 Å². The second kappa shape index (κ2) is 34.1. The van der Waals surface area contributed by atoms with Crippen LogP contribution in [0.5, 0.6) is 51.7 Å². The van der Waals surface area contributed by atoms with Crippen molar-refractivity contribution in [2.45, 2.75) is 129 Å². The molecule has 0 radical (unpaired) electrons. The summed E-state index contributed by atoms with van der Waals surface area (Å²) in [6.07, 6.45) is -32.4. The molecule has 10 rings (SSSR count). The summed E-state index contributed by atoms with van der Waals surface area (Å²) >= 11 is 0. The third-order valence-electron chi connectivity index (χ3n) is 16.7. The van der Waals surface area contributed by atoms with Crippen molar-refractivity contribution < 1.29 is 177 Å². The normalized spacial score (nSPS) is 28.9. The summed E-state index contributed by atoms with van der Waals surface area (Å²) < 4.78 is 72.9. The van der Waals surface area contributed by atoms with E-state index in [0.717, 1.165) is 66.8 Å². The third kappa shape index (κ3) is 18.9. The first-order valence-corrected chi connectivity index (χ1v) is 31.9. The zero-order valence-electron chi connectivity index (χ0n) is 54.6. The van der Waals surface area contributed by atoms with E-state index in [1.165, 1.54) is 66.7 Å². The highest BCUT2D eigenvalue weighted by molar-refractivity contribution is 5.90. The number of aliphatic hydroxyl groups excluding tert-OH is 12. The smallest absolute Gasteiger partial charge is 0.508 e. The second-order valence-corrected chi connectivity index (χ2v) is 24.2. The molecule has 0 spiro atoms. The second-order valence-electron chi connectivity index (χ2n) is 24.2. The van der Waals surface area contributed by atoms with Gasteiger partial charge in [0.1, 0.15) is 135 Å². The monoisotopic (exact) mass is 1490 g/mol. The number of carbonyl (C=O) groups is 4. The fraction of sp³-hybridized carbons (Fsp3) is 0.362. The number of aliphatic hydroxyl groups is 12. The Morgan fingerprint density at radius 3 is 1.38 bits per heavy atom. The minimum Gasteiger partial charge on any atom is -0.508 e. The lowest BCUT2D eigenvalue weighted by Gasteiger charge is -2.40. The van der Waals surface area contributed by atoms with E-state index in [1.807, 2.05) is 0 Å². The van der Waals surface area contributed by atoms with E-state index in [4.69, 9.17) is 66.4 Å². The van der Waals surface area contributed by atoms with Gasteiger partial charge in [-0.3, -0.25) is 14.4 Å². The van der Waals surface area contributed by atoms with Crippen LogP contribution in [-0.2, 0) is 57.1 Å². The van der Waals surface area contributed by atoms with E-state index in [0.29, 0.717) is 11.1 Å². The van der Waals surface area contributed by atoms with Gasteiger partial charge in [-0.2, -0.15) is 0 Å². The van der Waals surface area contributed by atoms with E-state index >= 15 is 0 Å². The summed E-state index contributed by atoms with van der Waals surface area (Å²) in [7, 11) is 0. The molecule has 1 aliphatic carbocycles. The van der Waals surface area contributed by atoms with Crippen LogP contribution in [0.2, 0.25) is 0 Å². The van der Waals surface area contributed by atoms with Gasteiger partial charge in [-0.1, -0.05) is 24.3 Å². The minimum absolute atomic E-state index is 0.0254. The maximum absolute atomic E-state index is 14.0. The molecule has 37 heteroatoms. The molecule has 37 nitrogen and oxygen atoms in total. The highest BCUT2D eigenvalue weighted by Crippen LogP contribution is 2.43. The highest BCUT2D eigenvalue weighted by Gasteiger charge is 2.50. The molecule has 4 saturated heterocycles. The molecule has 4 aromatic carbocycles. The van der Waals surface area contributed by atoms with Crippen LogP contribution in [0.4, 0.5) is 0 Å². The van der Waals surface area contributed by atoms with Crippen molar-refractivity contribution in [2.75, 3.05) is 26.4 Å². The van der Waals surface area contributed by atoms with Crippen LogP contribution in [0.3, 0.4) is 0 Å². The number of carboxylic acid groups (broad SMARTS) is 1. The summed E-state index contributed by atoms with van der Waals surface area (Å²) in [6.45, 7) is -3.06. The molecule has 568 valence electrons. The zero-order chi connectivity index (χ0) is 76.5. The number of ether oxygens (including phenoxy) is 12. The standard InChI is InChI=1S/C69H70O37/c70-32-9-1-28(2-10-32)5-14-49(78)94-24-44-53(82)57(86)61(90)66(103-44)98-33-20-37(73)34-22-43(102-69-64(93)60(89)56(85)47(106-69)27-97-52(81)23-48(76)77)65(99-41(34)21-33)31-8-12-36(72)42(19-31)101-68-63(92)59(88)55(84)46(105-68)26-96-51(80)16-7-30-4-13-40(39(75)18-30)100-67-62(91)58(87)54(83)45(104-67)25-95-50(79)15-6-29-3-11-35(71)38(74)17-29/h1-22,44-47,53-64,66-72,74-75,82-93H,23-27H2,(H,76,77)/p+1/b14-5?,15-6?,16-7+/t44-,45-,46-,47-,53-,54-,55-,56-,57+,58+,59+,60+,61-,62-,63-,64-,66-,67-,68-,69-/m1/s1. The zero-order valence-corrected chi connectivity index (χ0v) is 54.6. The highest BCUT2D eigenvalue weighted by atomic mass is 16.7. The number of hydrogen-bond donors (Lipinski definition) is 18. The molecule has 0 saturated carbocycles. The van der Waals surface area contributed by atoms with Gasteiger partial charge in [0, 0.05) is 29.8 Å². The van der Waals surface area contributed by atoms with Crippen molar-refractivity contribution in [1.82, 2.24) is 0 Å². The summed E-state index contributed by atoms with van der Waals surface area (Å²) in [5, 5.41) is 190. The molecule has 106 heavy (non-hydrogen) atoms. The Bertz CT molecular complexity index is 4230. The van der Waals surface area contributed by atoms with Crippen LogP contribution in [-0.4, -0.2) is 276 Å². The number of hydrogen-bond acceptors (Lipinski definition) is 35. The Morgan fingerprint density at radius 2 is 0.858 bits per heavy atom. The number of phenolic OH excluding ortho intramolecular Hbond substituents is 5. The number of phenols is 5. The van der Waals surface area contributed by atoms with Gasteiger partial charge in [0.15, 0.2) is 57.5 Å². The molecule has 0 unspecified atom stereocenters. The van der Waals surface area contributed by atoms with Gasteiger partial charge >= 0.3 is 29.8 Å². The number of aliphatic carboxylic acids is 1. The minimum atomic E-state index is -2.16. The van der Waals surface area contributed by atoms with Gasteiger partial charge in [0.2, 0.25) is 31.8 Å². The van der Waals surface area contributed by atoms with E-state index in [-0.39, 0.29) is 33.9 Å². The van der Waals surface area contributed by atoms with Gasteiger partial charge in [0.05, 0.1) is 11.6 Å². The van der Waals surface area contributed by atoms with Crippen LogP contribution >= 0.6 is 0 Å². The average Bonchev–Trinajstić information content (AvgIpc) is 0.771. The molecule has 19 N–H and O–H groups in total. The molecule has 0 aromatic heterocycles. The van der Waals surface area contributed by atoms with Crippen molar-refractivity contribution in [3.8, 4) is 74.4 Å². The fourth-order valence-corrected chi connectivity index (χ4v) is 10.8. The summed E-state index contributed by atoms with van der Waals surface area (Å²) in [5.74, 6) is -10.5. The van der Waals surface area contributed by atoms with Gasteiger partial charge in [-0.15, -0.1) is 0 Å². The Kier molecular flexibility index (Phi) is 25.1. The Morgan fingerprint density at radius 1 is 0.415 bits per heavy atom. The maximum atomic E-state index is 14.0. The molecule has 5 aliphatic heterocycles. The topological polar surface area (TPSA) is 595 Å². The molecular formula is C69H71O37+. The van der Waals surface area contributed by atoms with Crippen molar-refractivity contribution in [1.29, 1.82) is 0 Å². The molecule has 6 aliphatic rings. The Balaban J connectivity index is 0.829. The van der Waals surface area contributed by atoms with Gasteiger partial charge in [-0.05, 0) is 95.6 Å². The molecule has 4 aromatic rings. The molecule has 4 fully saturated rings. The average molecular weight is 1490 g/mol. The van der Waals surface area contributed by atoms with E-state index < -0.39 is 237 Å². The molecule has 0 bridgehead atoms. The Labute approximate surface area is 595 Å². The van der Waals surface area contributed by atoms with Gasteiger partial charge in [0.25, 0.3) is 0 Å². The fourth-order valence-electron chi connectivity index (χ4n) is 10.8. The lowest BCUT2D eigenvalue weighted by Crippen LogP contribution is -2.60. The Hall–Kier alpha value is -10.6. The number of aromatic hydroxyl groups is 5. The lowest BCUT2D eigenvalue weighted by molar-refractivity contribution is -0.278. The van der Waals surface area contributed by atoms with Crippen molar-refractivity contribution >= 4 is 48.1 Å². The van der Waals surface area contributed by atoms with E-state index in [2.05, 4.69) is 0 Å². The number of carbonyl (C=O) groups excluding carboxylic acids is 4. The quantitative estimate of drug-likeness (QED) is 0.00700. The van der Waals surface area contributed by atoms with Gasteiger partial charge < -0.3 is 158 Å². The first-order chi connectivity index (χ1) is 50.4. The van der Waals surface area contributed by atoms with Crippen molar-refractivity contribution in [3.63, 3.8) is 0 Å². The van der Waals surface area contributed by atoms with E-state index in [1.54, 1.807) is 0 Å². The predicted molar refractivity (Wildman–Crippen MR) is 349 cm³/mol. The van der Waals surface area contributed by atoms with Crippen LogP contribution in [0, 0.1) is 0 Å². The SMILES string of the molecule is O=C(O)CC(=O)OC[C@H]1O[C@@H](Oc2cc3c(=O)cc(O[C@@H]4O[C@H](COC(=O)C=Cc5ccc(O)cc5)[C@@H](O)[C@H](O)[C@H]4O)cc-3oc2-c2ccc(O)c(O[C@@H]3O[C@H](COC(=O)/C=C/c4ccc(O[C@@H]5O[C@H](COC(=[OH+])C=Cc6ccc(O)c(O)c6)[C@@H](O)[C@H](O)[C@H]5O)c(O)c4)[C@@H](O)[C@H](O)[C@H]3O)c2)[C@H](O)[C@@H](O)[C@@H]1O. The number of benzene rings is 5.